The van der Waals surface area contributed by atoms with Gasteiger partial charge in [0.2, 0.25) is 0 Å². The number of fused-ring (bicyclic) bond motifs is 1. The van der Waals surface area contributed by atoms with Gasteiger partial charge in [0.05, 0.1) is 0 Å². The second kappa shape index (κ2) is 3.50. The van der Waals surface area contributed by atoms with Gasteiger partial charge in [0.15, 0.2) is 0 Å². The molecule has 2 nitrogen and oxygen atoms in total. The van der Waals surface area contributed by atoms with Crippen molar-refractivity contribution in [2.45, 2.75) is 0 Å². The fourth-order valence-electron chi connectivity index (χ4n) is 1.55. The minimum Gasteiger partial charge on any atom is -0.507 e. The maximum absolute atomic E-state index is 9.65. The molecule has 0 aromatic heterocycles. The molecule has 2 aromatic rings. The molecule has 2 heteroatoms. The summed E-state index contributed by atoms with van der Waals surface area (Å²) < 4.78 is 0. The zero-order valence-electron chi connectivity index (χ0n) is 7.94. The van der Waals surface area contributed by atoms with Gasteiger partial charge in [0, 0.05) is 18.8 Å². The minimum atomic E-state index is 0.273. The van der Waals surface area contributed by atoms with Gasteiger partial charge in [-0.3, -0.25) is 4.99 Å². The maximum Gasteiger partial charge on any atom is 0.124 e. The van der Waals surface area contributed by atoms with E-state index < -0.39 is 0 Å². The molecule has 0 bridgehead atoms. The van der Waals surface area contributed by atoms with Crippen molar-refractivity contribution < 1.29 is 5.11 Å². The van der Waals surface area contributed by atoms with Crippen molar-refractivity contribution in [1.29, 1.82) is 0 Å². The lowest BCUT2D eigenvalue weighted by Crippen LogP contribution is -1.85. The molecule has 0 saturated heterocycles. The van der Waals surface area contributed by atoms with Gasteiger partial charge in [-0.25, -0.2) is 0 Å². The van der Waals surface area contributed by atoms with Gasteiger partial charge < -0.3 is 5.11 Å². The molecule has 0 unspecified atom stereocenters. The maximum atomic E-state index is 9.65. The summed E-state index contributed by atoms with van der Waals surface area (Å²) in [6, 6.07) is 11.5. The number of phenols is 1. The van der Waals surface area contributed by atoms with E-state index in [2.05, 4.69) is 4.99 Å². The second-order valence-corrected chi connectivity index (χ2v) is 3.11. The van der Waals surface area contributed by atoms with E-state index in [0.717, 1.165) is 16.3 Å². The predicted molar refractivity (Wildman–Crippen MR) is 59.1 cm³/mol. The highest BCUT2D eigenvalue weighted by Crippen LogP contribution is 2.25. The van der Waals surface area contributed by atoms with Crippen molar-refractivity contribution >= 4 is 17.0 Å². The summed E-state index contributed by atoms with van der Waals surface area (Å²) >= 11 is 0. The highest BCUT2D eigenvalue weighted by molar-refractivity contribution is 6.02. The molecule has 0 amide bonds. The first kappa shape index (κ1) is 8.75. The van der Waals surface area contributed by atoms with Gasteiger partial charge in [-0.1, -0.05) is 30.3 Å². The van der Waals surface area contributed by atoms with E-state index in [1.807, 2.05) is 30.3 Å². The van der Waals surface area contributed by atoms with Crippen LogP contribution in [0.25, 0.3) is 10.8 Å². The third-order valence-electron chi connectivity index (χ3n) is 2.21. The molecule has 0 heterocycles. The van der Waals surface area contributed by atoms with E-state index in [1.165, 1.54) is 0 Å². The molecule has 0 spiro atoms. The molecule has 70 valence electrons. The van der Waals surface area contributed by atoms with Crippen LogP contribution in [0.3, 0.4) is 0 Å². The largest absolute Gasteiger partial charge is 0.507 e. The summed E-state index contributed by atoms with van der Waals surface area (Å²) in [5.74, 6) is 0.273. The monoisotopic (exact) mass is 185 g/mol. The number of hydrogen-bond donors (Lipinski definition) is 1. The van der Waals surface area contributed by atoms with Crippen molar-refractivity contribution in [3.63, 3.8) is 0 Å². The van der Waals surface area contributed by atoms with Crippen LogP contribution >= 0.6 is 0 Å². The summed E-state index contributed by atoms with van der Waals surface area (Å²) in [5, 5.41) is 11.8. The van der Waals surface area contributed by atoms with Crippen LogP contribution in [0.15, 0.2) is 41.4 Å². The third-order valence-corrected chi connectivity index (χ3v) is 2.21. The van der Waals surface area contributed by atoms with E-state index in [-0.39, 0.29) is 5.75 Å². The van der Waals surface area contributed by atoms with Crippen LogP contribution in [0, 0.1) is 0 Å². The van der Waals surface area contributed by atoms with Crippen LogP contribution < -0.4 is 0 Å². The van der Waals surface area contributed by atoms with Crippen molar-refractivity contribution in [1.82, 2.24) is 0 Å². The van der Waals surface area contributed by atoms with E-state index in [0.29, 0.717) is 0 Å². The Morgan fingerprint density at radius 2 is 1.93 bits per heavy atom. The summed E-state index contributed by atoms with van der Waals surface area (Å²) in [6.07, 6.45) is 1.68. The van der Waals surface area contributed by atoms with Crippen LogP contribution in [-0.4, -0.2) is 18.4 Å². The Kier molecular flexibility index (Phi) is 2.19. The van der Waals surface area contributed by atoms with Crippen LogP contribution in [0.4, 0.5) is 0 Å². The fourth-order valence-corrected chi connectivity index (χ4v) is 1.55. The van der Waals surface area contributed by atoms with Crippen LogP contribution in [0.5, 0.6) is 5.75 Å². The smallest absolute Gasteiger partial charge is 0.124 e. The third kappa shape index (κ3) is 1.35. The number of rotatable bonds is 1. The van der Waals surface area contributed by atoms with Crippen molar-refractivity contribution in [3.8, 4) is 5.75 Å². The van der Waals surface area contributed by atoms with Gasteiger partial charge in [0.25, 0.3) is 0 Å². The molecular weight excluding hydrogens is 174 g/mol. The minimum absolute atomic E-state index is 0.273. The summed E-state index contributed by atoms with van der Waals surface area (Å²) in [5.41, 5.74) is 0.783. The predicted octanol–water partition coefficient (Wildman–Crippen LogP) is 2.59. The Bertz CT molecular complexity index is 489. The zero-order chi connectivity index (χ0) is 9.97. The summed E-state index contributed by atoms with van der Waals surface area (Å²) in [6.45, 7) is 0. The van der Waals surface area contributed by atoms with Crippen molar-refractivity contribution in [3.05, 3.63) is 42.0 Å². The lowest BCUT2D eigenvalue weighted by molar-refractivity contribution is 0.475. The Morgan fingerprint density at radius 3 is 2.71 bits per heavy atom. The average Bonchev–Trinajstić information content (AvgIpc) is 2.23. The molecule has 1 N–H and O–H groups in total. The molecule has 0 saturated carbocycles. The normalized spacial score (nSPS) is 11.2. The molecule has 2 rings (SSSR count). The first-order chi connectivity index (χ1) is 6.83. The number of phenolic OH excluding ortho intramolecular Hbond substituents is 1. The number of aromatic hydroxyl groups is 1. The Labute approximate surface area is 82.5 Å². The first-order valence-electron chi connectivity index (χ1n) is 4.46. The van der Waals surface area contributed by atoms with E-state index in [4.69, 9.17) is 0 Å². The van der Waals surface area contributed by atoms with Crippen molar-refractivity contribution in [2.75, 3.05) is 7.05 Å². The second-order valence-electron chi connectivity index (χ2n) is 3.11. The van der Waals surface area contributed by atoms with E-state index in [9.17, 15) is 5.11 Å². The topological polar surface area (TPSA) is 32.6 Å². The Morgan fingerprint density at radius 1 is 1.14 bits per heavy atom. The van der Waals surface area contributed by atoms with E-state index >= 15 is 0 Å². The highest BCUT2D eigenvalue weighted by atomic mass is 16.3. The van der Waals surface area contributed by atoms with Crippen LogP contribution in [0.2, 0.25) is 0 Å². The molecule has 0 aliphatic heterocycles. The van der Waals surface area contributed by atoms with Crippen molar-refractivity contribution in [2.24, 2.45) is 4.99 Å². The number of nitrogens with zero attached hydrogens (tertiary/aromatic N) is 1. The SMILES string of the molecule is CN=Cc1c(O)ccc2ccccc12. The van der Waals surface area contributed by atoms with Gasteiger partial charge in [0.1, 0.15) is 5.75 Å². The molecule has 0 fully saturated rings. The van der Waals surface area contributed by atoms with Gasteiger partial charge >= 0.3 is 0 Å². The van der Waals surface area contributed by atoms with Crippen LogP contribution in [0.1, 0.15) is 5.56 Å². The summed E-state index contributed by atoms with van der Waals surface area (Å²) in [4.78, 5) is 3.93. The molecule has 0 aliphatic carbocycles. The highest BCUT2D eigenvalue weighted by Gasteiger charge is 2.02. The lowest BCUT2D eigenvalue weighted by atomic mass is 10.0. The Hall–Kier alpha value is -1.83. The van der Waals surface area contributed by atoms with Gasteiger partial charge in [-0.15, -0.1) is 0 Å². The number of benzene rings is 2. The molecule has 0 aliphatic rings. The lowest BCUT2D eigenvalue weighted by Gasteiger charge is -2.03. The molecule has 0 radical (unpaired) electrons. The Balaban J connectivity index is 2.82. The number of aliphatic imine (C=N–C) groups is 1. The van der Waals surface area contributed by atoms with E-state index in [1.54, 1.807) is 19.3 Å². The van der Waals surface area contributed by atoms with Gasteiger partial charge in [-0.2, -0.15) is 0 Å². The molecular formula is C12H11NO. The zero-order valence-corrected chi connectivity index (χ0v) is 7.94. The molecule has 14 heavy (non-hydrogen) atoms. The molecule has 2 aromatic carbocycles. The number of hydrogen-bond acceptors (Lipinski definition) is 2. The fraction of sp³-hybridized carbons (Fsp3) is 0.0833. The van der Waals surface area contributed by atoms with Gasteiger partial charge in [-0.05, 0) is 16.8 Å². The van der Waals surface area contributed by atoms with Crippen LogP contribution in [-0.2, 0) is 0 Å². The molecule has 0 atom stereocenters. The summed E-state index contributed by atoms with van der Waals surface area (Å²) in [7, 11) is 1.70. The first-order valence-corrected chi connectivity index (χ1v) is 4.46. The average molecular weight is 185 g/mol. The standard InChI is InChI=1S/C12H11NO/c1-13-8-11-10-5-3-2-4-9(10)6-7-12(11)14/h2-8,14H,1H3. The quantitative estimate of drug-likeness (QED) is 0.680.